The predicted molar refractivity (Wildman–Crippen MR) is 81.9 cm³/mol. The van der Waals surface area contributed by atoms with Crippen LogP contribution >= 0.6 is 0 Å². The number of hydrazine groups is 1. The van der Waals surface area contributed by atoms with Gasteiger partial charge in [0.05, 0.1) is 12.6 Å². The lowest BCUT2D eigenvalue weighted by molar-refractivity contribution is 0.415. The van der Waals surface area contributed by atoms with Crippen LogP contribution in [0.3, 0.4) is 0 Å². The van der Waals surface area contributed by atoms with E-state index in [1.807, 2.05) is 12.1 Å². The molecule has 1 fully saturated rings. The van der Waals surface area contributed by atoms with E-state index in [4.69, 9.17) is 10.6 Å². The van der Waals surface area contributed by atoms with Gasteiger partial charge in [0, 0.05) is 11.5 Å². The molecule has 1 aromatic heterocycles. The molecule has 1 heterocycles. The fourth-order valence-electron chi connectivity index (χ4n) is 3.13. The number of ether oxygens (including phenoxy) is 1. The van der Waals surface area contributed by atoms with E-state index in [0.717, 1.165) is 22.5 Å². The van der Waals surface area contributed by atoms with Crippen LogP contribution in [0.1, 0.15) is 43.6 Å². The van der Waals surface area contributed by atoms with Crippen LogP contribution in [0.4, 0.5) is 5.82 Å². The first kappa shape index (κ1) is 13.2. The van der Waals surface area contributed by atoms with Gasteiger partial charge in [0.25, 0.3) is 0 Å². The first-order chi connectivity index (χ1) is 9.81. The second-order valence-corrected chi connectivity index (χ2v) is 5.46. The average molecular weight is 271 g/mol. The quantitative estimate of drug-likeness (QED) is 0.661. The van der Waals surface area contributed by atoms with Crippen molar-refractivity contribution in [3.8, 4) is 5.75 Å². The number of nitrogens with zero attached hydrogens (tertiary/aromatic N) is 1. The Labute approximate surface area is 119 Å². The first-order valence-electron chi connectivity index (χ1n) is 7.27. The molecule has 0 bridgehead atoms. The van der Waals surface area contributed by atoms with Gasteiger partial charge in [-0.3, -0.25) is 0 Å². The summed E-state index contributed by atoms with van der Waals surface area (Å²) in [5.74, 6) is 7.87. The molecule has 1 aliphatic carbocycles. The van der Waals surface area contributed by atoms with Gasteiger partial charge in [0.2, 0.25) is 0 Å². The van der Waals surface area contributed by atoms with Crippen molar-refractivity contribution in [2.24, 2.45) is 5.84 Å². The molecule has 1 aliphatic rings. The van der Waals surface area contributed by atoms with Crippen molar-refractivity contribution < 1.29 is 4.74 Å². The maximum atomic E-state index is 5.68. The Morgan fingerprint density at radius 1 is 1.20 bits per heavy atom. The standard InChI is InChI=1S/C16H21N3O/c1-20-13-8-7-12-9-14(11-5-3-2-4-6-11)16(19-17)18-15(12)10-13/h7-11H,2-6,17H2,1H3,(H,18,19). The number of aromatic nitrogens is 1. The molecular weight excluding hydrogens is 250 g/mol. The molecule has 2 aromatic rings. The summed E-state index contributed by atoms with van der Waals surface area (Å²) in [6.07, 6.45) is 6.42. The van der Waals surface area contributed by atoms with E-state index in [2.05, 4.69) is 22.5 Å². The van der Waals surface area contributed by atoms with E-state index in [1.54, 1.807) is 7.11 Å². The molecule has 1 aromatic carbocycles. The van der Waals surface area contributed by atoms with Crippen LogP contribution in [0, 0.1) is 0 Å². The normalized spacial score (nSPS) is 16.3. The number of rotatable bonds is 3. The number of nitrogens with one attached hydrogen (secondary N) is 1. The van der Waals surface area contributed by atoms with Crippen LogP contribution in [0.15, 0.2) is 24.3 Å². The number of methoxy groups -OCH3 is 1. The van der Waals surface area contributed by atoms with Crippen LogP contribution < -0.4 is 16.0 Å². The molecule has 0 spiro atoms. The fourth-order valence-corrected chi connectivity index (χ4v) is 3.13. The molecule has 0 atom stereocenters. The summed E-state index contributed by atoms with van der Waals surface area (Å²) in [6, 6.07) is 8.21. The fraction of sp³-hybridized carbons (Fsp3) is 0.438. The molecule has 1 saturated carbocycles. The number of hydrogen-bond donors (Lipinski definition) is 2. The topological polar surface area (TPSA) is 60.2 Å². The molecule has 20 heavy (non-hydrogen) atoms. The van der Waals surface area contributed by atoms with E-state index >= 15 is 0 Å². The van der Waals surface area contributed by atoms with Crippen molar-refractivity contribution in [2.45, 2.75) is 38.0 Å². The van der Waals surface area contributed by atoms with Gasteiger partial charge in [-0.15, -0.1) is 0 Å². The van der Waals surface area contributed by atoms with E-state index in [0.29, 0.717) is 5.92 Å². The smallest absolute Gasteiger partial charge is 0.144 e. The highest BCUT2D eigenvalue weighted by Gasteiger charge is 2.20. The van der Waals surface area contributed by atoms with Gasteiger partial charge in [0.1, 0.15) is 11.6 Å². The van der Waals surface area contributed by atoms with Crippen LogP contribution in [0.2, 0.25) is 0 Å². The Balaban J connectivity index is 2.06. The van der Waals surface area contributed by atoms with Crippen LogP contribution in [0.25, 0.3) is 10.9 Å². The number of fused-ring (bicyclic) bond motifs is 1. The number of benzene rings is 1. The van der Waals surface area contributed by atoms with Crippen molar-refractivity contribution >= 4 is 16.7 Å². The third kappa shape index (κ3) is 2.43. The average Bonchev–Trinajstić information content (AvgIpc) is 2.53. The van der Waals surface area contributed by atoms with E-state index in [9.17, 15) is 0 Å². The largest absolute Gasteiger partial charge is 0.497 e. The highest BCUT2D eigenvalue weighted by molar-refractivity contribution is 5.83. The summed E-state index contributed by atoms with van der Waals surface area (Å²) in [4.78, 5) is 4.66. The molecule has 4 nitrogen and oxygen atoms in total. The lowest BCUT2D eigenvalue weighted by Crippen LogP contribution is -2.14. The number of nitrogens with two attached hydrogens (primary N) is 1. The second-order valence-electron chi connectivity index (χ2n) is 5.46. The van der Waals surface area contributed by atoms with Crippen molar-refractivity contribution in [1.82, 2.24) is 4.98 Å². The van der Waals surface area contributed by atoms with E-state index in [1.165, 1.54) is 37.7 Å². The maximum absolute atomic E-state index is 5.68. The summed E-state index contributed by atoms with van der Waals surface area (Å²) >= 11 is 0. The van der Waals surface area contributed by atoms with Crippen molar-refractivity contribution in [3.63, 3.8) is 0 Å². The SMILES string of the molecule is COc1ccc2cc(C3CCCCC3)c(NN)nc2c1. The number of pyridine rings is 1. The molecule has 0 aliphatic heterocycles. The summed E-state index contributed by atoms with van der Waals surface area (Å²) in [5, 5.41) is 1.14. The zero-order chi connectivity index (χ0) is 13.9. The minimum atomic E-state index is 0.578. The Morgan fingerprint density at radius 2 is 2.00 bits per heavy atom. The lowest BCUT2D eigenvalue weighted by atomic mass is 9.84. The molecule has 3 rings (SSSR count). The third-order valence-electron chi connectivity index (χ3n) is 4.24. The monoisotopic (exact) mass is 271 g/mol. The molecule has 0 amide bonds. The van der Waals surface area contributed by atoms with Crippen LogP contribution in [0.5, 0.6) is 5.75 Å². The molecule has 0 unspecified atom stereocenters. The van der Waals surface area contributed by atoms with Gasteiger partial charge >= 0.3 is 0 Å². The summed E-state index contributed by atoms with van der Waals surface area (Å²) in [6.45, 7) is 0. The minimum absolute atomic E-state index is 0.578. The number of nitrogen functional groups attached to an aromatic ring is 1. The van der Waals surface area contributed by atoms with Crippen molar-refractivity contribution in [3.05, 3.63) is 29.8 Å². The molecule has 3 N–H and O–H groups in total. The van der Waals surface area contributed by atoms with Crippen LogP contribution in [-0.2, 0) is 0 Å². The summed E-state index contributed by atoms with van der Waals surface area (Å²) in [7, 11) is 1.67. The maximum Gasteiger partial charge on any atom is 0.144 e. The molecule has 106 valence electrons. The third-order valence-corrected chi connectivity index (χ3v) is 4.24. The Hall–Kier alpha value is -1.81. The van der Waals surface area contributed by atoms with Crippen molar-refractivity contribution in [1.29, 1.82) is 0 Å². The molecule has 0 radical (unpaired) electrons. The molecular formula is C16H21N3O. The lowest BCUT2D eigenvalue weighted by Gasteiger charge is -2.24. The van der Waals surface area contributed by atoms with Gasteiger partial charge in [-0.1, -0.05) is 19.3 Å². The zero-order valence-corrected chi connectivity index (χ0v) is 11.9. The minimum Gasteiger partial charge on any atom is -0.497 e. The molecule has 0 saturated heterocycles. The van der Waals surface area contributed by atoms with Gasteiger partial charge < -0.3 is 10.2 Å². The zero-order valence-electron chi connectivity index (χ0n) is 11.9. The van der Waals surface area contributed by atoms with Gasteiger partial charge in [-0.05, 0) is 42.5 Å². The number of anilines is 1. The number of hydrogen-bond acceptors (Lipinski definition) is 4. The summed E-state index contributed by atoms with van der Waals surface area (Å²) < 4.78 is 5.25. The Bertz CT molecular complexity index is 606. The van der Waals surface area contributed by atoms with Gasteiger partial charge in [0.15, 0.2) is 0 Å². The highest BCUT2D eigenvalue weighted by atomic mass is 16.5. The van der Waals surface area contributed by atoms with Crippen molar-refractivity contribution in [2.75, 3.05) is 12.5 Å². The van der Waals surface area contributed by atoms with Crippen LogP contribution in [-0.4, -0.2) is 12.1 Å². The van der Waals surface area contributed by atoms with Gasteiger partial charge in [-0.25, -0.2) is 10.8 Å². The highest BCUT2D eigenvalue weighted by Crippen LogP contribution is 2.37. The van der Waals surface area contributed by atoms with Gasteiger partial charge in [-0.2, -0.15) is 0 Å². The molecule has 4 heteroatoms. The first-order valence-corrected chi connectivity index (χ1v) is 7.27. The van der Waals surface area contributed by atoms with E-state index < -0.39 is 0 Å². The Morgan fingerprint density at radius 3 is 2.70 bits per heavy atom. The Kier molecular flexibility index (Phi) is 3.74. The van der Waals surface area contributed by atoms with E-state index in [-0.39, 0.29) is 0 Å². The summed E-state index contributed by atoms with van der Waals surface area (Å²) in [5.41, 5.74) is 4.94. The second kappa shape index (κ2) is 5.67. The predicted octanol–water partition coefficient (Wildman–Crippen LogP) is 3.58.